The number of carboxylic acids is 1. The summed E-state index contributed by atoms with van der Waals surface area (Å²) in [5, 5.41) is 16.9. The average molecular weight is 1200 g/mol. The monoisotopic (exact) mass is 1200 g/mol. The van der Waals surface area contributed by atoms with Crippen LogP contribution in [0.1, 0.15) is 319 Å². The second kappa shape index (κ2) is 60.4. The lowest BCUT2D eigenvalue weighted by Crippen LogP contribution is -2.51. The zero-order chi connectivity index (χ0) is 60.1. The fourth-order valence-corrected chi connectivity index (χ4v) is 10.8. The van der Waals surface area contributed by atoms with Gasteiger partial charge in [0.1, 0.15) is 12.1 Å². The van der Waals surface area contributed by atoms with Gasteiger partial charge in [0.2, 0.25) is 41.4 Å². The van der Waals surface area contributed by atoms with Crippen LogP contribution in [-0.4, -0.2) is 114 Å². The third kappa shape index (κ3) is 48.9. The third-order valence-corrected chi connectivity index (χ3v) is 15.9. The van der Waals surface area contributed by atoms with E-state index < -0.39 is 29.9 Å². The molecule has 496 valence electrons. The van der Waals surface area contributed by atoms with Gasteiger partial charge in [-0.05, 0) is 12.8 Å². The van der Waals surface area contributed by atoms with Crippen molar-refractivity contribution in [3.63, 3.8) is 0 Å². The molecular formula is C66H133N9O9. The second-order valence-corrected chi connectivity index (χ2v) is 23.1. The summed E-state index contributed by atoms with van der Waals surface area (Å²) in [7, 11) is 2.99. The number of hydrogen-bond acceptors (Lipinski definition) is 10. The number of likely N-dealkylation sites (tertiary alicyclic amines) is 1. The van der Waals surface area contributed by atoms with Gasteiger partial charge in [0.25, 0.3) is 0 Å². The van der Waals surface area contributed by atoms with Crippen LogP contribution in [0.25, 0.3) is 0 Å². The molecule has 18 heteroatoms. The summed E-state index contributed by atoms with van der Waals surface area (Å²) < 4.78 is 0. The maximum atomic E-state index is 11.9. The lowest BCUT2D eigenvalue weighted by molar-refractivity contribution is -0.138. The SMILES string of the molecule is C.C.C.C1CCCCCCCCCCCCCCCCC1.C1CCCCCCCCCCCCCCCCC1.CC[C@H](C(N)=O)N1CC(CNC(=O)CCC(=O)NC)CC1=O.CC[C@H](C(N)=O)N1NC(CN)CC1=O.CNC(=O)CCC(=O)O. The Morgan fingerprint density at radius 2 is 0.762 bits per heavy atom. The standard InChI is InChI=1S/2C18H36.C14H24N4O4.C8H16N4O2.C5H9NO3.3CH4/c2*1-2-4-6-8-10-12-14-16-18-17-15-13-11-9-7-5-3-1;1-3-10(14(15)22)18-8-9(6-13(18)21)7-17-12(20)5-4-11(19)16-2;1-2-6(8(10)14)12-7(13)3-5(4-9)11-12;1-6-4(7)2-3-5(8)9;;;/h2*1-18H2;9-10H,3-8H2,1-2H3,(H2,15,22)(H,16,19)(H,17,20);5-6,11H,2-4,9H2,1H3,(H2,10,14);2-3H2,1H3,(H,6,7)(H,8,9);3*1H4/t;;9?,10-;5?,6-;;;;/m..11..../s1. The predicted octanol–water partition coefficient (Wildman–Crippen LogP) is 12.6. The van der Waals surface area contributed by atoms with Crippen LogP contribution in [0.5, 0.6) is 0 Å². The van der Waals surface area contributed by atoms with Gasteiger partial charge in [-0.25, -0.2) is 5.43 Å². The number of nitrogens with two attached hydrogens (primary N) is 3. The Morgan fingerprint density at radius 1 is 0.476 bits per heavy atom. The highest BCUT2D eigenvalue weighted by atomic mass is 16.4. The van der Waals surface area contributed by atoms with Crippen molar-refractivity contribution in [2.24, 2.45) is 23.1 Å². The van der Waals surface area contributed by atoms with Gasteiger partial charge in [-0.3, -0.25) is 43.4 Å². The van der Waals surface area contributed by atoms with Crippen LogP contribution in [0, 0.1) is 5.92 Å². The highest BCUT2D eigenvalue weighted by Crippen LogP contribution is 2.22. The summed E-state index contributed by atoms with van der Waals surface area (Å²) in [6, 6.07) is -1.23. The fraction of sp³-hybridized carbons (Fsp3) is 0.879. The predicted molar refractivity (Wildman–Crippen MR) is 347 cm³/mol. The largest absolute Gasteiger partial charge is 0.481 e. The van der Waals surface area contributed by atoms with Gasteiger partial charge in [-0.15, -0.1) is 0 Å². The molecule has 0 aromatic rings. The molecule has 4 rings (SSSR count). The summed E-state index contributed by atoms with van der Waals surface area (Å²) >= 11 is 0. The lowest BCUT2D eigenvalue weighted by atomic mass is 10.0. The van der Waals surface area contributed by atoms with Gasteiger partial charge >= 0.3 is 5.97 Å². The number of hydrazine groups is 1. The van der Waals surface area contributed by atoms with Crippen LogP contribution in [0.2, 0.25) is 0 Å². The summed E-state index contributed by atoms with van der Waals surface area (Å²) in [6.45, 7) is 4.74. The van der Waals surface area contributed by atoms with E-state index in [2.05, 4.69) is 21.4 Å². The van der Waals surface area contributed by atoms with Crippen LogP contribution < -0.4 is 38.6 Å². The van der Waals surface area contributed by atoms with E-state index >= 15 is 0 Å². The average Bonchev–Trinajstić information content (AvgIpc) is 4.28. The number of nitrogens with one attached hydrogen (secondary N) is 4. The summed E-state index contributed by atoms with van der Waals surface area (Å²) in [5.41, 5.74) is 18.8. The molecule has 2 saturated heterocycles. The molecule has 2 aliphatic heterocycles. The van der Waals surface area contributed by atoms with Crippen LogP contribution in [-0.2, 0) is 38.4 Å². The molecule has 0 bridgehead atoms. The van der Waals surface area contributed by atoms with Gasteiger partial charge in [0, 0.05) is 77.8 Å². The van der Waals surface area contributed by atoms with Crippen LogP contribution in [0.4, 0.5) is 0 Å². The highest BCUT2D eigenvalue weighted by molar-refractivity contribution is 5.88. The van der Waals surface area contributed by atoms with Gasteiger partial charge < -0.3 is 43.2 Å². The first kappa shape index (κ1) is 86.1. The number of nitrogens with zero attached hydrogens (tertiary/aromatic N) is 2. The highest BCUT2D eigenvalue weighted by Gasteiger charge is 2.36. The Bertz CT molecular complexity index is 1470. The molecule has 18 nitrogen and oxygen atoms in total. The third-order valence-electron chi connectivity index (χ3n) is 15.9. The number of carbonyl (C=O) groups excluding carboxylic acids is 7. The van der Waals surface area contributed by atoms with Crippen molar-refractivity contribution in [1.29, 1.82) is 0 Å². The van der Waals surface area contributed by atoms with E-state index in [1.54, 1.807) is 13.8 Å². The summed E-state index contributed by atoms with van der Waals surface area (Å²) in [5.74, 6) is -2.87. The zero-order valence-corrected chi connectivity index (χ0v) is 51.9. The van der Waals surface area contributed by atoms with E-state index in [0.717, 1.165) is 0 Å². The van der Waals surface area contributed by atoms with Crippen LogP contribution in [0.3, 0.4) is 0 Å². The molecule has 0 aromatic heterocycles. The number of rotatable bonds is 15. The first-order chi connectivity index (χ1) is 39.1. The van der Waals surface area contributed by atoms with Crippen LogP contribution in [0.15, 0.2) is 0 Å². The Balaban J connectivity index is -0.000000483. The van der Waals surface area contributed by atoms with Crippen molar-refractivity contribution in [2.75, 3.05) is 33.7 Å². The molecule has 0 aromatic carbocycles. The van der Waals surface area contributed by atoms with E-state index in [9.17, 15) is 38.4 Å². The van der Waals surface area contributed by atoms with Gasteiger partial charge in [0.05, 0.1) is 6.42 Å². The second-order valence-electron chi connectivity index (χ2n) is 23.1. The number of amides is 7. The topological polar surface area (TPSA) is 289 Å². The Morgan fingerprint density at radius 3 is 1.00 bits per heavy atom. The molecule has 2 unspecified atom stereocenters. The molecule has 84 heavy (non-hydrogen) atoms. The van der Waals surface area contributed by atoms with E-state index in [-0.39, 0.29) is 89.5 Å². The fourth-order valence-electron chi connectivity index (χ4n) is 10.8. The van der Waals surface area contributed by atoms with Crippen molar-refractivity contribution in [1.82, 2.24) is 31.3 Å². The van der Waals surface area contributed by atoms with Crippen molar-refractivity contribution in [3.05, 3.63) is 0 Å². The number of aliphatic carboxylic acids is 1. The van der Waals surface area contributed by atoms with E-state index in [0.29, 0.717) is 45.3 Å². The number of carboxylic acid groups (broad SMARTS) is 1. The number of primary amides is 2. The molecule has 11 N–H and O–H groups in total. The van der Waals surface area contributed by atoms with Crippen molar-refractivity contribution < 1.29 is 43.5 Å². The lowest BCUT2D eigenvalue weighted by Gasteiger charge is -2.24. The number of hydrogen-bond donors (Lipinski definition) is 8. The van der Waals surface area contributed by atoms with Crippen molar-refractivity contribution >= 4 is 47.3 Å². The van der Waals surface area contributed by atoms with Crippen LogP contribution >= 0.6 is 0 Å². The Hall–Kier alpha value is -4.32. The first-order valence-corrected chi connectivity index (χ1v) is 32.7. The first-order valence-electron chi connectivity index (χ1n) is 32.7. The minimum Gasteiger partial charge on any atom is -0.481 e. The molecule has 4 aliphatic rings. The van der Waals surface area contributed by atoms with Gasteiger partial charge in [0.15, 0.2) is 0 Å². The van der Waals surface area contributed by atoms with Crippen molar-refractivity contribution in [3.8, 4) is 0 Å². The molecule has 4 atom stereocenters. The quantitative estimate of drug-likeness (QED) is 0.0763. The maximum absolute atomic E-state index is 11.9. The number of carbonyl (C=O) groups is 8. The molecule has 0 spiro atoms. The van der Waals surface area contributed by atoms with Gasteiger partial charge in [-0.1, -0.05) is 267 Å². The van der Waals surface area contributed by atoms with E-state index in [4.69, 9.17) is 22.3 Å². The Labute approximate surface area is 513 Å². The molecule has 0 radical (unpaired) electrons. The minimum atomic E-state index is -0.946. The van der Waals surface area contributed by atoms with Gasteiger partial charge in [-0.2, -0.15) is 0 Å². The Kier molecular flexibility index (Phi) is 61.9. The normalized spacial score (nSPS) is 20.2. The minimum absolute atomic E-state index is 0. The molecule has 2 saturated carbocycles. The smallest absolute Gasteiger partial charge is 0.303 e. The van der Waals surface area contributed by atoms with E-state index in [1.165, 1.54) is 255 Å². The zero-order valence-electron chi connectivity index (χ0n) is 51.9. The van der Waals surface area contributed by atoms with Crippen molar-refractivity contribution in [2.45, 2.75) is 337 Å². The van der Waals surface area contributed by atoms with E-state index in [1.807, 2.05) is 0 Å². The summed E-state index contributed by atoms with van der Waals surface area (Å²) in [4.78, 5) is 90.1. The maximum Gasteiger partial charge on any atom is 0.303 e. The molecule has 2 heterocycles. The summed E-state index contributed by atoms with van der Waals surface area (Å²) in [6.07, 6.45) is 55.8. The molecule has 4 fully saturated rings. The molecule has 2 aliphatic carbocycles. The molecular weight excluding hydrogens is 1060 g/mol. The molecule has 7 amide bonds.